The molecule has 0 aliphatic rings. The molecule has 0 atom stereocenters. The molecule has 0 amide bonds. The molecule has 0 saturated carbocycles. The Morgan fingerprint density at radius 1 is 1.24 bits per heavy atom. The van der Waals surface area contributed by atoms with E-state index in [2.05, 4.69) is 4.98 Å². The summed E-state index contributed by atoms with van der Waals surface area (Å²) in [7, 11) is 0. The Morgan fingerprint density at radius 2 is 1.88 bits per heavy atom. The van der Waals surface area contributed by atoms with Crippen LogP contribution in [0.1, 0.15) is 13.8 Å². The Bertz CT molecular complexity index is 502. The minimum absolute atomic E-state index is 0.161. The van der Waals surface area contributed by atoms with E-state index >= 15 is 0 Å². The summed E-state index contributed by atoms with van der Waals surface area (Å²) in [6, 6.07) is 7.61. The average molecular weight is 232 g/mol. The third-order valence-electron chi connectivity index (χ3n) is 2.33. The standard InChI is InChI=1S/C12H16N4O/c1-8(2)17-10-5-3-9(4-6-10)11-12(13)16(14)7-15-11/h3-8H,13-14H2,1-2H3. The molecule has 1 aromatic carbocycles. The van der Waals surface area contributed by atoms with Gasteiger partial charge in [-0.05, 0) is 38.1 Å². The number of aromatic nitrogens is 2. The van der Waals surface area contributed by atoms with Crippen molar-refractivity contribution in [2.45, 2.75) is 20.0 Å². The lowest BCUT2D eigenvalue weighted by molar-refractivity contribution is 0.242. The maximum Gasteiger partial charge on any atom is 0.150 e. The number of imidazole rings is 1. The van der Waals surface area contributed by atoms with Crippen molar-refractivity contribution < 1.29 is 4.74 Å². The first kappa shape index (κ1) is 11.3. The third kappa shape index (κ3) is 2.33. The van der Waals surface area contributed by atoms with E-state index in [0.717, 1.165) is 11.3 Å². The number of benzene rings is 1. The van der Waals surface area contributed by atoms with Crippen molar-refractivity contribution in [3.05, 3.63) is 30.6 Å². The monoisotopic (exact) mass is 232 g/mol. The molecule has 90 valence electrons. The molecule has 5 heteroatoms. The summed E-state index contributed by atoms with van der Waals surface area (Å²) in [5.74, 6) is 6.85. The van der Waals surface area contributed by atoms with Crippen LogP contribution in [-0.2, 0) is 0 Å². The first-order valence-electron chi connectivity index (χ1n) is 5.43. The van der Waals surface area contributed by atoms with Crippen LogP contribution in [0.2, 0.25) is 0 Å². The third-order valence-corrected chi connectivity index (χ3v) is 2.33. The summed E-state index contributed by atoms with van der Waals surface area (Å²) in [4.78, 5) is 4.15. The molecule has 2 aromatic rings. The molecular weight excluding hydrogens is 216 g/mol. The van der Waals surface area contributed by atoms with Crippen LogP contribution in [0.3, 0.4) is 0 Å². The second-order valence-electron chi connectivity index (χ2n) is 4.08. The molecule has 4 N–H and O–H groups in total. The van der Waals surface area contributed by atoms with Gasteiger partial charge in [-0.3, -0.25) is 0 Å². The number of hydrogen-bond acceptors (Lipinski definition) is 4. The molecule has 1 heterocycles. The summed E-state index contributed by atoms with van der Waals surface area (Å²) in [6.07, 6.45) is 1.65. The largest absolute Gasteiger partial charge is 0.491 e. The van der Waals surface area contributed by atoms with Crippen molar-refractivity contribution in [1.29, 1.82) is 0 Å². The SMILES string of the molecule is CC(C)Oc1ccc(-c2ncn(N)c2N)cc1. The van der Waals surface area contributed by atoms with E-state index in [1.165, 1.54) is 11.0 Å². The molecule has 1 aromatic heterocycles. The minimum Gasteiger partial charge on any atom is -0.491 e. The lowest BCUT2D eigenvalue weighted by Crippen LogP contribution is -2.10. The van der Waals surface area contributed by atoms with Gasteiger partial charge in [0.25, 0.3) is 0 Å². The maximum atomic E-state index is 5.80. The van der Waals surface area contributed by atoms with Gasteiger partial charge < -0.3 is 16.3 Å². The fraction of sp³-hybridized carbons (Fsp3) is 0.250. The smallest absolute Gasteiger partial charge is 0.150 e. The van der Waals surface area contributed by atoms with Gasteiger partial charge in [-0.15, -0.1) is 0 Å². The fourth-order valence-corrected chi connectivity index (χ4v) is 1.56. The summed E-state index contributed by atoms with van der Waals surface area (Å²) in [6.45, 7) is 3.98. The first-order valence-corrected chi connectivity index (χ1v) is 5.43. The number of ether oxygens (including phenoxy) is 1. The second kappa shape index (κ2) is 4.37. The second-order valence-corrected chi connectivity index (χ2v) is 4.08. The van der Waals surface area contributed by atoms with E-state index < -0.39 is 0 Å². The molecule has 0 radical (unpaired) electrons. The first-order chi connectivity index (χ1) is 8.08. The van der Waals surface area contributed by atoms with Crippen LogP contribution in [-0.4, -0.2) is 15.8 Å². The number of nitrogens with two attached hydrogens (primary N) is 2. The minimum atomic E-state index is 0.161. The summed E-state index contributed by atoms with van der Waals surface area (Å²) >= 11 is 0. The van der Waals surface area contributed by atoms with E-state index in [9.17, 15) is 0 Å². The molecule has 0 fully saturated rings. The Labute approximate surface area is 100.0 Å². The summed E-state index contributed by atoms with van der Waals surface area (Å²) < 4.78 is 6.86. The van der Waals surface area contributed by atoms with Crippen molar-refractivity contribution >= 4 is 5.82 Å². The van der Waals surface area contributed by atoms with Crippen LogP contribution < -0.4 is 16.3 Å². The summed E-state index contributed by atoms with van der Waals surface area (Å²) in [5.41, 5.74) is 7.40. The van der Waals surface area contributed by atoms with Gasteiger partial charge in [-0.25, -0.2) is 9.66 Å². The van der Waals surface area contributed by atoms with Gasteiger partial charge in [0.15, 0.2) is 0 Å². The molecule has 0 spiro atoms. The summed E-state index contributed by atoms with van der Waals surface area (Å²) in [5, 5.41) is 0. The molecule has 17 heavy (non-hydrogen) atoms. The predicted octanol–water partition coefficient (Wildman–Crippen LogP) is 1.63. The number of anilines is 1. The van der Waals surface area contributed by atoms with Gasteiger partial charge in [0.2, 0.25) is 0 Å². The zero-order valence-electron chi connectivity index (χ0n) is 9.92. The predicted molar refractivity (Wildman–Crippen MR) is 68.0 cm³/mol. The average Bonchev–Trinajstić information content (AvgIpc) is 2.60. The lowest BCUT2D eigenvalue weighted by atomic mass is 10.1. The quantitative estimate of drug-likeness (QED) is 0.788. The van der Waals surface area contributed by atoms with E-state index in [0.29, 0.717) is 11.5 Å². The molecule has 5 nitrogen and oxygen atoms in total. The molecular formula is C12H16N4O. The van der Waals surface area contributed by atoms with Gasteiger partial charge in [-0.1, -0.05) is 0 Å². The van der Waals surface area contributed by atoms with E-state index in [4.69, 9.17) is 16.3 Å². The normalized spacial score (nSPS) is 10.8. The molecule has 0 aliphatic heterocycles. The van der Waals surface area contributed by atoms with Crippen molar-refractivity contribution in [1.82, 2.24) is 9.66 Å². The molecule has 2 rings (SSSR count). The van der Waals surface area contributed by atoms with Crippen LogP contribution >= 0.6 is 0 Å². The number of rotatable bonds is 3. The maximum absolute atomic E-state index is 5.80. The zero-order valence-corrected chi connectivity index (χ0v) is 9.92. The molecule has 0 saturated heterocycles. The number of hydrogen-bond donors (Lipinski definition) is 2. The van der Waals surface area contributed by atoms with Crippen LogP contribution in [0, 0.1) is 0 Å². The molecule has 0 aliphatic carbocycles. The van der Waals surface area contributed by atoms with Crippen molar-refractivity contribution in [3.8, 4) is 17.0 Å². The lowest BCUT2D eigenvalue weighted by Gasteiger charge is -2.09. The highest BCUT2D eigenvalue weighted by Gasteiger charge is 2.08. The Morgan fingerprint density at radius 3 is 2.35 bits per heavy atom. The Balaban J connectivity index is 2.26. The van der Waals surface area contributed by atoms with E-state index in [1.54, 1.807) is 0 Å². The van der Waals surface area contributed by atoms with Gasteiger partial charge >= 0.3 is 0 Å². The Kier molecular flexibility index (Phi) is 2.91. The zero-order chi connectivity index (χ0) is 12.4. The van der Waals surface area contributed by atoms with Gasteiger partial charge in [0, 0.05) is 5.56 Å². The Hall–Kier alpha value is -2.17. The van der Waals surface area contributed by atoms with Crippen molar-refractivity contribution in [3.63, 3.8) is 0 Å². The van der Waals surface area contributed by atoms with Crippen LogP contribution in [0.25, 0.3) is 11.3 Å². The van der Waals surface area contributed by atoms with Crippen LogP contribution in [0.4, 0.5) is 5.82 Å². The van der Waals surface area contributed by atoms with E-state index in [1.807, 2.05) is 38.1 Å². The highest BCUT2D eigenvalue weighted by Crippen LogP contribution is 2.25. The molecule has 0 bridgehead atoms. The number of nitrogen functional groups attached to an aromatic ring is 2. The van der Waals surface area contributed by atoms with Crippen molar-refractivity contribution in [2.75, 3.05) is 11.6 Å². The van der Waals surface area contributed by atoms with Crippen molar-refractivity contribution in [2.24, 2.45) is 0 Å². The van der Waals surface area contributed by atoms with Crippen LogP contribution in [0.5, 0.6) is 5.75 Å². The molecule has 0 unspecified atom stereocenters. The highest BCUT2D eigenvalue weighted by atomic mass is 16.5. The highest BCUT2D eigenvalue weighted by molar-refractivity contribution is 5.70. The fourth-order valence-electron chi connectivity index (χ4n) is 1.56. The number of nitrogens with zero attached hydrogens (tertiary/aromatic N) is 2. The van der Waals surface area contributed by atoms with Crippen LogP contribution in [0.15, 0.2) is 30.6 Å². The van der Waals surface area contributed by atoms with E-state index in [-0.39, 0.29) is 6.10 Å². The van der Waals surface area contributed by atoms with Gasteiger partial charge in [0.1, 0.15) is 23.6 Å². The van der Waals surface area contributed by atoms with Gasteiger partial charge in [-0.2, -0.15) is 0 Å². The van der Waals surface area contributed by atoms with Gasteiger partial charge in [0.05, 0.1) is 6.10 Å². The topological polar surface area (TPSA) is 79.1 Å².